The second kappa shape index (κ2) is 9.41. The molecule has 2 saturated heterocycles. The van der Waals surface area contributed by atoms with Crippen LogP contribution in [-0.4, -0.2) is 72.1 Å². The van der Waals surface area contributed by atoms with Crippen LogP contribution in [0, 0.1) is 0 Å². The first kappa shape index (κ1) is 22.9. The number of fused-ring (bicyclic) bond motifs is 1. The Morgan fingerprint density at radius 1 is 1.12 bits per heavy atom. The normalized spacial score (nSPS) is 24.4. The zero-order valence-electron chi connectivity index (χ0n) is 19.0. The number of nitrogens with zero attached hydrogens (tertiary/aromatic N) is 2. The molecule has 178 valence electrons. The highest BCUT2D eigenvalue weighted by atomic mass is 35.5. The van der Waals surface area contributed by atoms with Crippen LogP contribution in [0.2, 0.25) is 5.02 Å². The summed E-state index contributed by atoms with van der Waals surface area (Å²) < 4.78 is 11.2. The third-order valence-corrected chi connectivity index (χ3v) is 6.87. The van der Waals surface area contributed by atoms with Gasteiger partial charge in [0.25, 0.3) is 11.7 Å². The first-order valence-corrected chi connectivity index (χ1v) is 11.9. The minimum Gasteiger partial charge on any atom is -0.507 e. The Balaban J connectivity index is 1.53. The number of ketones is 1. The molecule has 0 aromatic heterocycles. The first-order valence-electron chi connectivity index (χ1n) is 11.6. The van der Waals surface area contributed by atoms with Crippen molar-refractivity contribution >= 4 is 29.1 Å². The van der Waals surface area contributed by atoms with E-state index in [2.05, 4.69) is 4.90 Å². The Morgan fingerprint density at radius 2 is 1.91 bits per heavy atom. The number of aliphatic hydroxyl groups is 1. The van der Waals surface area contributed by atoms with Gasteiger partial charge in [-0.2, -0.15) is 0 Å². The quantitative estimate of drug-likeness (QED) is 0.399. The summed E-state index contributed by atoms with van der Waals surface area (Å²) in [7, 11) is 0. The Hall–Kier alpha value is -2.87. The van der Waals surface area contributed by atoms with Crippen LogP contribution in [0.25, 0.3) is 5.76 Å². The highest BCUT2D eigenvalue weighted by Crippen LogP contribution is 2.41. The minimum absolute atomic E-state index is 0.0598. The predicted molar refractivity (Wildman–Crippen MR) is 128 cm³/mol. The molecule has 0 aliphatic carbocycles. The SMILES string of the molecule is C[C@H]1Cc2cc(C(O)=C3C(=O)C(=O)N(CCN4CCOCC4)[C@H]3c3cccc(Cl)c3)ccc2O1. The molecule has 0 unspecified atom stereocenters. The number of hydrogen-bond donors (Lipinski definition) is 1. The fourth-order valence-electron chi connectivity index (χ4n) is 4.93. The average molecular weight is 483 g/mol. The molecule has 5 rings (SSSR count). The lowest BCUT2D eigenvalue weighted by Gasteiger charge is -2.31. The van der Waals surface area contributed by atoms with E-state index in [1.165, 1.54) is 0 Å². The Labute approximate surface area is 203 Å². The molecule has 0 spiro atoms. The number of benzene rings is 2. The number of ether oxygens (including phenoxy) is 2. The van der Waals surface area contributed by atoms with Crippen molar-refractivity contribution in [3.63, 3.8) is 0 Å². The maximum Gasteiger partial charge on any atom is 0.295 e. The van der Waals surface area contributed by atoms with Crippen LogP contribution in [0.15, 0.2) is 48.0 Å². The second-order valence-electron chi connectivity index (χ2n) is 8.96. The van der Waals surface area contributed by atoms with E-state index in [4.69, 9.17) is 21.1 Å². The molecule has 3 aliphatic rings. The summed E-state index contributed by atoms with van der Waals surface area (Å²) in [5.41, 5.74) is 2.24. The number of likely N-dealkylation sites (tertiary alicyclic amines) is 1. The van der Waals surface area contributed by atoms with E-state index in [1.807, 2.05) is 19.1 Å². The largest absolute Gasteiger partial charge is 0.507 e. The van der Waals surface area contributed by atoms with Crippen LogP contribution < -0.4 is 4.74 Å². The molecular formula is C26H27ClN2O5. The van der Waals surface area contributed by atoms with Gasteiger partial charge in [-0.25, -0.2) is 0 Å². The van der Waals surface area contributed by atoms with Gasteiger partial charge in [-0.15, -0.1) is 0 Å². The van der Waals surface area contributed by atoms with E-state index in [0.29, 0.717) is 42.5 Å². The van der Waals surface area contributed by atoms with Crippen LogP contribution in [0.4, 0.5) is 0 Å². The maximum absolute atomic E-state index is 13.2. The molecule has 0 radical (unpaired) electrons. The van der Waals surface area contributed by atoms with Gasteiger partial charge in [0.05, 0.1) is 24.8 Å². The summed E-state index contributed by atoms with van der Waals surface area (Å²) in [5.74, 6) is -0.701. The number of morpholine rings is 1. The summed E-state index contributed by atoms with van der Waals surface area (Å²) in [6.07, 6.45) is 0.784. The van der Waals surface area contributed by atoms with Gasteiger partial charge in [-0.1, -0.05) is 23.7 Å². The Morgan fingerprint density at radius 3 is 2.68 bits per heavy atom. The molecule has 34 heavy (non-hydrogen) atoms. The van der Waals surface area contributed by atoms with Gasteiger partial charge in [-0.3, -0.25) is 14.5 Å². The monoisotopic (exact) mass is 482 g/mol. The summed E-state index contributed by atoms with van der Waals surface area (Å²) >= 11 is 6.26. The molecule has 7 nitrogen and oxygen atoms in total. The summed E-state index contributed by atoms with van der Waals surface area (Å²) in [6.45, 7) is 5.81. The summed E-state index contributed by atoms with van der Waals surface area (Å²) in [6, 6.07) is 11.7. The van der Waals surface area contributed by atoms with Gasteiger partial charge >= 0.3 is 0 Å². The van der Waals surface area contributed by atoms with E-state index in [9.17, 15) is 14.7 Å². The van der Waals surface area contributed by atoms with Crippen LogP contribution >= 0.6 is 11.6 Å². The molecule has 2 atom stereocenters. The maximum atomic E-state index is 13.2. The smallest absolute Gasteiger partial charge is 0.295 e. The van der Waals surface area contributed by atoms with Crippen LogP contribution in [-0.2, 0) is 20.7 Å². The van der Waals surface area contributed by atoms with E-state index in [-0.39, 0.29) is 17.4 Å². The predicted octanol–water partition coefficient (Wildman–Crippen LogP) is 3.42. The van der Waals surface area contributed by atoms with Crippen LogP contribution in [0.5, 0.6) is 5.75 Å². The number of hydrogen-bond acceptors (Lipinski definition) is 6. The average Bonchev–Trinajstić information content (AvgIpc) is 3.33. The molecular weight excluding hydrogens is 456 g/mol. The van der Waals surface area contributed by atoms with Gasteiger partial charge in [0, 0.05) is 43.2 Å². The van der Waals surface area contributed by atoms with Crippen LogP contribution in [0.1, 0.15) is 29.7 Å². The Bertz CT molecular complexity index is 1160. The molecule has 0 saturated carbocycles. The van der Waals surface area contributed by atoms with Crippen molar-refractivity contribution in [2.75, 3.05) is 39.4 Å². The molecule has 8 heteroatoms. The Kier molecular flexibility index (Phi) is 6.34. The van der Waals surface area contributed by atoms with Gasteiger partial charge < -0.3 is 19.5 Å². The zero-order chi connectivity index (χ0) is 23.8. The lowest BCUT2D eigenvalue weighted by atomic mass is 9.94. The molecule has 3 aliphatic heterocycles. The zero-order valence-corrected chi connectivity index (χ0v) is 19.8. The van der Waals surface area contributed by atoms with Crippen molar-refractivity contribution in [1.82, 2.24) is 9.80 Å². The molecule has 1 amide bonds. The number of Topliss-reactive ketones (excluding diaryl/α,β-unsaturated/α-hetero) is 1. The lowest BCUT2D eigenvalue weighted by Crippen LogP contribution is -2.42. The van der Waals surface area contributed by atoms with Gasteiger partial charge in [0.2, 0.25) is 0 Å². The van der Waals surface area contributed by atoms with E-state index >= 15 is 0 Å². The van der Waals surface area contributed by atoms with Crippen molar-refractivity contribution < 1.29 is 24.2 Å². The minimum atomic E-state index is -0.719. The topological polar surface area (TPSA) is 79.3 Å². The number of amides is 1. The lowest BCUT2D eigenvalue weighted by molar-refractivity contribution is -0.140. The summed E-state index contributed by atoms with van der Waals surface area (Å²) in [5, 5.41) is 11.8. The highest BCUT2D eigenvalue weighted by molar-refractivity contribution is 6.46. The second-order valence-corrected chi connectivity index (χ2v) is 9.39. The molecule has 1 N–H and O–H groups in total. The van der Waals surface area contributed by atoms with Crippen LogP contribution in [0.3, 0.4) is 0 Å². The molecule has 3 heterocycles. The fraction of sp³-hybridized carbons (Fsp3) is 0.385. The number of carbonyl (C=O) groups excluding carboxylic acids is 2. The third kappa shape index (κ3) is 4.31. The molecule has 2 aromatic carbocycles. The standard InChI is InChI=1S/C26H27ClN2O5/c1-16-13-19-14-18(5-6-21(19)34-16)24(30)22-23(17-3-2-4-20(27)15-17)29(26(32)25(22)31)8-7-28-9-11-33-12-10-28/h2-6,14-16,23,30H,7-13H2,1H3/t16-,23-/m0/s1. The number of halogens is 1. The van der Waals surface area contributed by atoms with E-state index in [0.717, 1.165) is 30.8 Å². The van der Waals surface area contributed by atoms with Crippen molar-refractivity contribution in [3.05, 3.63) is 69.8 Å². The van der Waals surface area contributed by atoms with Gasteiger partial charge in [0.15, 0.2) is 0 Å². The van der Waals surface area contributed by atoms with Crippen molar-refractivity contribution in [3.8, 4) is 5.75 Å². The van der Waals surface area contributed by atoms with Crippen molar-refractivity contribution in [1.29, 1.82) is 0 Å². The first-order chi connectivity index (χ1) is 16.4. The molecule has 2 aromatic rings. The molecule has 2 fully saturated rings. The van der Waals surface area contributed by atoms with E-state index in [1.54, 1.807) is 35.2 Å². The highest BCUT2D eigenvalue weighted by Gasteiger charge is 2.46. The number of carbonyl (C=O) groups is 2. The third-order valence-electron chi connectivity index (χ3n) is 6.63. The van der Waals surface area contributed by atoms with E-state index < -0.39 is 17.7 Å². The summed E-state index contributed by atoms with van der Waals surface area (Å²) in [4.78, 5) is 30.2. The molecule has 0 bridgehead atoms. The van der Waals surface area contributed by atoms with Crippen molar-refractivity contribution in [2.24, 2.45) is 0 Å². The van der Waals surface area contributed by atoms with Gasteiger partial charge in [0.1, 0.15) is 17.6 Å². The number of aliphatic hydroxyl groups excluding tert-OH is 1. The van der Waals surface area contributed by atoms with Crippen molar-refractivity contribution in [2.45, 2.75) is 25.5 Å². The van der Waals surface area contributed by atoms with Gasteiger partial charge in [-0.05, 0) is 48.4 Å². The number of rotatable bonds is 5. The fourth-order valence-corrected chi connectivity index (χ4v) is 5.13.